The zero-order chi connectivity index (χ0) is 8.43. The fourth-order valence-corrected chi connectivity index (χ4v) is 1.03. The van der Waals surface area contributed by atoms with Crippen molar-refractivity contribution in [2.75, 3.05) is 14.2 Å². The van der Waals surface area contributed by atoms with E-state index >= 15 is 0 Å². The first-order valence-electron chi connectivity index (χ1n) is 2.88. The maximum Gasteiger partial charge on any atom is 0.377 e. The van der Waals surface area contributed by atoms with E-state index in [2.05, 4.69) is 9.47 Å². The summed E-state index contributed by atoms with van der Waals surface area (Å²) < 4.78 is 14.0. The van der Waals surface area contributed by atoms with Gasteiger partial charge in [-0.05, 0) is 0 Å². The van der Waals surface area contributed by atoms with Crippen LogP contribution >= 0.6 is 11.6 Å². The Balaban J connectivity index is 2.85. The smallest absolute Gasteiger partial charge is 0.377 e. The van der Waals surface area contributed by atoms with Crippen molar-refractivity contribution in [3.63, 3.8) is 0 Å². The number of ether oxygens (including phenoxy) is 3. The highest BCUT2D eigenvalue weighted by Gasteiger charge is 2.34. The minimum Gasteiger partial charge on any atom is -0.489 e. The number of esters is 1. The predicted octanol–water partition coefficient (Wildman–Crippen LogP) is 0.612. The summed E-state index contributed by atoms with van der Waals surface area (Å²) in [6, 6.07) is 0. The summed E-state index contributed by atoms with van der Waals surface area (Å²) in [4.78, 5) is 10.8. The van der Waals surface area contributed by atoms with Gasteiger partial charge in [0.2, 0.25) is 12.0 Å². The molecule has 11 heavy (non-hydrogen) atoms. The summed E-state index contributed by atoms with van der Waals surface area (Å²) in [6.45, 7) is 0. The Morgan fingerprint density at radius 2 is 2.18 bits per heavy atom. The first kappa shape index (κ1) is 8.36. The van der Waals surface area contributed by atoms with E-state index in [9.17, 15) is 4.79 Å². The molecule has 1 rings (SSSR count). The Kier molecular flexibility index (Phi) is 2.36. The quantitative estimate of drug-likeness (QED) is 0.582. The van der Waals surface area contributed by atoms with Gasteiger partial charge in [0.05, 0.1) is 7.11 Å². The lowest BCUT2D eigenvalue weighted by molar-refractivity contribution is -0.157. The fourth-order valence-electron chi connectivity index (χ4n) is 0.739. The van der Waals surface area contributed by atoms with Crippen LogP contribution in [0.1, 0.15) is 0 Å². The van der Waals surface area contributed by atoms with Crippen molar-refractivity contribution in [1.82, 2.24) is 0 Å². The lowest BCUT2D eigenvalue weighted by Crippen LogP contribution is -2.11. The lowest BCUT2D eigenvalue weighted by Gasteiger charge is -2.04. The Hall–Kier alpha value is -0.740. The van der Waals surface area contributed by atoms with Crippen LogP contribution in [0.2, 0.25) is 0 Å². The topological polar surface area (TPSA) is 44.8 Å². The zero-order valence-electron chi connectivity index (χ0n) is 6.09. The van der Waals surface area contributed by atoms with Crippen LogP contribution in [0.15, 0.2) is 10.8 Å². The Bertz CT molecular complexity index is 211. The highest BCUT2D eigenvalue weighted by molar-refractivity contribution is 6.32. The third kappa shape index (κ3) is 1.32. The molecule has 4 nitrogen and oxygen atoms in total. The van der Waals surface area contributed by atoms with Gasteiger partial charge >= 0.3 is 5.97 Å². The average Bonchev–Trinajstić information content (AvgIpc) is 2.26. The van der Waals surface area contributed by atoms with Gasteiger partial charge in [-0.25, -0.2) is 4.79 Å². The second-order valence-electron chi connectivity index (χ2n) is 1.85. The molecule has 0 aromatic rings. The second kappa shape index (κ2) is 3.11. The molecule has 0 aromatic carbocycles. The highest BCUT2D eigenvalue weighted by atomic mass is 35.5. The molecule has 0 spiro atoms. The molecule has 1 atom stereocenters. The van der Waals surface area contributed by atoms with E-state index in [0.717, 1.165) is 0 Å². The summed E-state index contributed by atoms with van der Waals surface area (Å²) in [5.41, 5.74) is 0. The third-order valence-electron chi connectivity index (χ3n) is 1.24. The first-order chi connectivity index (χ1) is 5.20. The number of rotatable bonds is 2. The van der Waals surface area contributed by atoms with Crippen LogP contribution in [0.5, 0.6) is 0 Å². The van der Waals surface area contributed by atoms with Crippen LogP contribution in [-0.2, 0) is 19.0 Å². The molecular formula is C6H7ClO4. The number of hydrogen-bond donors (Lipinski definition) is 0. The molecule has 0 N–H and O–H groups in total. The molecule has 0 fully saturated rings. The standard InChI is InChI=1S/C6H7ClO4/c1-9-4-3(7)6(10-2)11-5(4)8/h6H,1-2H3. The van der Waals surface area contributed by atoms with Gasteiger partial charge in [-0.1, -0.05) is 11.6 Å². The van der Waals surface area contributed by atoms with E-state index in [1.807, 2.05) is 0 Å². The fraction of sp³-hybridized carbons (Fsp3) is 0.500. The first-order valence-corrected chi connectivity index (χ1v) is 3.26. The molecule has 1 unspecified atom stereocenters. The summed E-state index contributed by atoms with van der Waals surface area (Å²) in [6.07, 6.45) is -0.806. The minimum absolute atomic E-state index is 0.0125. The molecule has 0 aliphatic carbocycles. The largest absolute Gasteiger partial charge is 0.489 e. The number of carbonyl (C=O) groups excluding carboxylic acids is 1. The van der Waals surface area contributed by atoms with E-state index in [1.54, 1.807) is 0 Å². The maximum absolute atomic E-state index is 10.8. The Labute approximate surface area is 68.7 Å². The van der Waals surface area contributed by atoms with Crippen molar-refractivity contribution in [2.45, 2.75) is 6.29 Å². The average molecular weight is 179 g/mol. The van der Waals surface area contributed by atoms with Gasteiger partial charge in [0.15, 0.2) is 0 Å². The molecule has 0 radical (unpaired) electrons. The third-order valence-corrected chi connectivity index (χ3v) is 1.59. The van der Waals surface area contributed by atoms with Gasteiger partial charge in [0.25, 0.3) is 0 Å². The lowest BCUT2D eigenvalue weighted by atomic mass is 10.5. The molecule has 0 bridgehead atoms. The van der Waals surface area contributed by atoms with E-state index in [0.29, 0.717) is 0 Å². The number of cyclic esters (lactones) is 1. The number of halogens is 1. The summed E-state index contributed by atoms with van der Waals surface area (Å²) in [5.74, 6) is -0.581. The van der Waals surface area contributed by atoms with Gasteiger partial charge in [-0.3, -0.25) is 0 Å². The van der Waals surface area contributed by atoms with E-state index < -0.39 is 12.3 Å². The molecule has 0 saturated carbocycles. The van der Waals surface area contributed by atoms with Gasteiger partial charge in [-0.15, -0.1) is 0 Å². The van der Waals surface area contributed by atoms with Gasteiger partial charge in [0, 0.05) is 7.11 Å². The van der Waals surface area contributed by atoms with Crippen LogP contribution in [0, 0.1) is 0 Å². The molecule has 5 heteroatoms. The van der Waals surface area contributed by atoms with Crippen molar-refractivity contribution >= 4 is 17.6 Å². The highest BCUT2D eigenvalue weighted by Crippen LogP contribution is 2.26. The molecule has 0 saturated heterocycles. The van der Waals surface area contributed by atoms with Crippen molar-refractivity contribution in [3.8, 4) is 0 Å². The molecule has 1 heterocycles. The van der Waals surface area contributed by atoms with Crippen LogP contribution in [0.3, 0.4) is 0 Å². The van der Waals surface area contributed by atoms with Crippen LogP contribution in [-0.4, -0.2) is 26.5 Å². The van der Waals surface area contributed by atoms with E-state index in [1.165, 1.54) is 14.2 Å². The number of methoxy groups -OCH3 is 2. The van der Waals surface area contributed by atoms with Gasteiger partial charge in [0.1, 0.15) is 5.03 Å². The van der Waals surface area contributed by atoms with Crippen molar-refractivity contribution in [3.05, 3.63) is 10.8 Å². The molecule has 1 aliphatic heterocycles. The number of hydrogen-bond acceptors (Lipinski definition) is 4. The normalized spacial score (nSPS) is 23.9. The van der Waals surface area contributed by atoms with Crippen molar-refractivity contribution < 1.29 is 19.0 Å². The minimum atomic E-state index is -0.806. The van der Waals surface area contributed by atoms with Crippen LogP contribution < -0.4 is 0 Å². The SMILES string of the molecule is COC1=C(Cl)C(OC)OC1=O. The molecule has 62 valence electrons. The summed E-state index contributed by atoms with van der Waals surface area (Å²) >= 11 is 5.62. The molecule has 0 amide bonds. The van der Waals surface area contributed by atoms with Crippen LogP contribution in [0.25, 0.3) is 0 Å². The molecule has 0 aromatic heterocycles. The van der Waals surface area contributed by atoms with Gasteiger partial charge in [-0.2, -0.15) is 0 Å². The second-order valence-corrected chi connectivity index (χ2v) is 2.26. The Morgan fingerprint density at radius 3 is 2.45 bits per heavy atom. The summed E-state index contributed by atoms with van der Waals surface area (Å²) in [5, 5.41) is 0.153. The Morgan fingerprint density at radius 1 is 1.55 bits per heavy atom. The molecular weight excluding hydrogens is 172 g/mol. The van der Waals surface area contributed by atoms with Crippen molar-refractivity contribution in [2.24, 2.45) is 0 Å². The van der Waals surface area contributed by atoms with Crippen molar-refractivity contribution in [1.29, 1.82) is 0 Å². The number of carbonyl (C=O) groups is 1. The van der Waals surface area contributed by atoms with E-state index in [-0.39, 0.29) is 10.8 Å². The maximum atomic E-state index is 10.8. The predicted molar refractivity (Wildman–Crippen MR) is 36.8 cm³/mol. The summed E-state index contributed by atoms with van der Waals surface area (Å²) in [7, 11) is 2.73. The van der Waals surface area contributed by atoms with E-state index in [4.69, 9.17) is 16.3 Å². The van der Waals surface area contributed by atoms with Gasteiger partial charge < -0.3 is 14.2 Å². The van der Waals surface area contributed by atoms with Crippen LogP contribution in [0.4, 0.5) is 0 Å². The molecule has 1 aliphatic rings. The zero-order valence-corrected chi connectivity index (χ0v) is 6.84. The monoisotopic (exact) mass is 178 g/mol.